The minimum atomic E-state index is -0.836. The van der Waals surface area contributed by atoms with E-state index in [1.165, 1.54) is 0 Å². The molecule has 0 unspecified atom stereocenters. The fourth-order valence-electron chi connectivity index (χ4n) is 0.123. The van der Waals surface area contributed by atoms with E-state index in [0.717, 1.165) is 0 Å². The van der Waals surface area contributed by atoms with Crippen molar-refractivity contribution in [1.29, 1.82) is 0 Å². The molecule has 0 amide bonds. The van der Waals surface area contributed by atoms with Crippen molar-refractivity contribution < 1.29 is 9.90 Å². The van der Waals surface area contributed by atoms with Gasteiger partial charge in [-0.2, -0.15) is 0 Å². The Morgan fingerprint density at radius 2 is 2.33 bits per heavy atom. The molecule has 3 nitrogen and oxygen atoms in total. The molecule has 0 aliphatic heterocycles. The van der Waals surface area contributed by atoms with Gasteiger partial charge in [-0.25, -0.2) is 0 Å². The van der Waals surface area contributed by atoms with Crippen LogP contribution in [0.1, 0.15) is 6.42 Å². The molecule has 0 heterocycles. The van der Waals surface area contributed by atoms with Crippen molar-refractivity contribution in [1.82, 2.24) is 0 Å². The van der Waals surface area contributed by atoms with Gasteiger partial charge in [0.05, 0.1) is 6.42 Å². The molecule has 3 heteroatoms. The van der Waals surface area contributed by atoms with E-state index in [-0.39, 0.29) is 13.0 Å². The van der Waals surface area contributed by atoms with Gasteiger partial charge in [0.15, 0.2) is 0 Å². The second-order valence-electron chi connectivity index (χ2n) is 0.932. The molecule has 0 radical (unpaired) electrons. The highest BCUT2D eigenvalue weighted by Crippen LogP contribution is 1.67. The highest BCUT2D eigenvalue weighted by molar-refractivity contribution is 5.66. The van der Waals surface area contributed by atoms with Crippen molar-refractivity contribution in [3.63, 3.8) is 0 Å². The number of carboxylic acids is 1. The third-order valence-corrected chi connectivity index (χ3v) is 0.358. The van der Waals surface area contributed by atoms with Crippen LogP contribution < -0.4 is 5.73 Å². The zero-order chi connectivity index (χ0) is 4.99. The van der Waals surface area contributed by atoms with Gasteiger partial charge in [-0.05, 0) is 0 Å². The lowest BCUT2D eigenvalue weighted by molar-refractivity contribution is -0.136. The van der Waals surface area contributed by atoms with Crippen LogP contribution in [0.3, 0.4) is 0 Å². The maximum Gasteiger partial charge on any atom is 0.304 e. The average molecular weight is 90.1 g/mol. The van der Waals surface area contributed by atoms with Gasteiger partial charge in [-0.15, -0.1) is 0 Å². The minimum absolute atomic E-state index is 0.0694. The number of hydrogen-bond acceptors (Lipinski definition) is 2. The van der Waals surface area contributed by atoms with Crippen LogP contribution in [0.25, 0.3) is 0 Å². The molecule has 0 rings (SSSR count). The predicted molar refractivity (Wildman–Crippen MR) is 21.3 cm³/mol. The number of hydrogen-bond donors (Lipinski definition) is 2. The average Bonchev–Trinajstić information content (AvgIpc) is 1.35. The Bertz CT molecular complexity index is 52.8. The quantitative estimate of drug-likeness (QED) is 0.446. The first-order valence-electron chi connectivity index (χ1n) is 1.69. The Morgan fingerprint density at radius 1 is 1.83 bits per heavy atom. The first kappa shape index (κ1) is 5.43. The normalized spacial score (nSPS) is 8.17. The molecule has 0 saturated heterocycles. The van der Waals surface area contributed by atoms with Gasteiger partial charge in [0.1, 0.15) is 0 Å². The predicted octanol–water partition coefficient (Wildman–Crippen LogP) is -0.580. The van der Waals surface area contributed by atoms with Crippen LogP contribution in [0, 0.1) is 0 Å². The smallest absolute Gasteiger partial charge is 0.304 e. The van der Waals surface area contributed by atoms with E-state index in [1.54, 1.807) is 0 Å². The SMILES string of the molecule is NCC[13C](=O)O. The highest BCUT2D eigenvalue weighted by Gasteiger charge is 1.87. The van der Waals surface area contributed by atoms with Crippen LogP contribution in [-0.4, -0.2) is 17.6 Å². The number of carboxylic acid groups (broad SMARTS) is 1. The zero-order valence-corrected chi connectivity index (χ0v) is 3.35. The molecule has 0 bridgehead atoms. The van der Waals surface area contributed by atoms with E-state index in [1.807, 2.05) is 0 Å². The molecule has 0 atom stereocenters. The van der Waals surface area contributed by atoms with Crippen molar-refractivity contribution in [2.24, 2.45) is 5.73 Å². The van der Waals surface area contributed by atoms with Crippen molar-refractivity contribution in [2.45, 2.75) is 6.42 Å². The van der Waals surface area contributed by atoms with Crippen LogP contribution in [-0.2, 0) is 4.79 Å². The largest absolute Gasteiger partial charge is 0.481 e. The fourth-order valence-corrected chi connectivity index (χ4v) is 0.123. The Labute approximate surface area is 35.8 Å². The summed E-state index contributed by atoms with van der Waals surface area (Å²) in [6, 6.07) is 0. The third-order valence-electron chi connectivity index (χ3n) is 0.358. The minimum Gasteiger partial charge on any atom is -0.481 e. The molecule has 0 spiro atoms. The van der Waals surface area contributed by atoms with Crippen LogP contribution >= 0.6 is 0 Å². The van der Waals surface area contributed by atoms with Crippen LogP contribution in [0.2, 0.25) is 0 Å². The fraction of sp³-hybridized carbons (Fsp3) is 0.667. The van der Waals surface area contributed by atoms with E-state index in [9.17, 15) is 4.79 Å². The molecular formula is C3H7NO2. The summed E-state index contributed by atoms with van der Waals surface area (Å²) in [5.41, 5.74) is 4.85. The van der Waals surface area contributed by atoms with Crippen LogP contribution in [0.5, 0.6) is 0 Å². The molecule has 6 heavy (non-hydrogen) atoms. The van der Waals surface area contributed by atoms with E-state index < -0.39 is 5.97 Å². The molecule has 0 aromatic carbocycles. The number of nitrogens with two attached hydrogens (primary N) is 1. The van der Waals surface area contributed by atoms with Gasteiger partial charge in [-0.1, -0.05) is 0 Å². The molecule has 0 aromatic heterocycles. The Morgan fingerprint density at radius 3 is 2.33 bits per heavy atom. The van der Waals surface area contributed by atoms with Crippen LogP contribution in [0.4, 0.5) is 0 Å². The summed E-state index contributed by atoms with van der Waals surface area (Å²) in [7, 11) is 0. The van der Waals surface area contributed by atoms with Crippen molar-refractivity contribution >= 4 is 5.97 Å². The van der Waals surface area contributed by atoms with Gasteiger partial charge in [0, 0.05) is 6.54 Å². The van der Waals surface area contributed by atoms with Gasteiger partial charge < -0.3 is 10.8 Å². The van der Waals surface area contributed by atoms with Gasteiger partial charge in [-0.3, -0.25) is 4.79 Å². The first-order valence-corrected chi connectivity index (χ1v) is 1.69. The van der Waals surface area contributed by atoms with Crippen molar-refractivity contribution in [2.75, 3.05) is 6.54 Å². The first-order chi connectivity index (χ1) is 2.77. The van der Waals surface area contributed by atoms with E-state index in [4.69, 9.17) is 10.8 Å². The molecule has 0 aliphatic rings. The van der Waals surface area contributed by atoms with E-state index in [0.29, 0.717) is 0 Å². The summed E-state index contributed by atoms with van der Waals surface area (Å²) in [5.74, 6) is -0.836. The lowest BCUT2D eigenvalue weighted by Crippen LogP contribution is -2.05. The number of aliphatic carboxylic acids is 1. The Hall–Kier alpha value is -0.570. The highest BCUT2D eigenvalue weighted by atomic mass is 16.5. The summed E-state index contributed by atoms with van der Waals surface area (Å²) in [4.78, 5) is 9.52. The standard InChI is InChI=1S/C3H7NO2/c4-2-1-3(5)6/h1-2,4H2,(H,5,6)/i3+1. The molecular weight excluding hydrogens is 83.0 g/mol. The second kappa shape index (κ2) is 2.66. The van der Waals surface area contributed by atoms with E-state index >= 15 is 0 Å². The monoisotopic (exact) mass is 90.1 g/mol. The summed E-state index contributed by atoms with van der Waals surface area (Å²) in [6.07, 6.45) is 0.0694. The summed E-state index contributed by atoms with van der Waals surface area (Å²) in [6.45, 7) is 0.231. The Balaban J connectivity index is 2.83. The van der Waals surface area contributed by atoms with Gasteiger partial charge >= 0.3 is 5.97 Å². The van der Waals surface area contributed by atoms with Crippen LogP contribution in [0.15, 0.2) is 0 Å². The van der Waals surface area contributed by atoms with Crippen molar-refractivity contribution in [3.05, 3.63) is 0 Å². The lowest BCUT2D eigenvalue weighted by atomic mass is 10.6. The van der Waals surface area contributed by atoms with Crippen molar-refractivity contribution in [3.8, 4) is 0 Å². The molecule has 0 saturated carbocycles. The Kier molecular flexibility index (Phi) is 2.40. The molecule has 0 aromatic rings. The molecule has 0 aliphatic carbocycles. The summed E-state index contributed by atoms with van der Waals surface area (Å²) < 4.78 is 0. The van der Waals surface area contributed by atoms with Gasteiger partial charge in [0.25, 0.3) is 0 Å². The maximum atomic E-state index is 9.52. The summed E-state index contributed by atoms with van der Waals surface area (Å²) in [5, 5.41) is 7.83. The molecule has 3 N–H and O–H groups in total. The van der Waals surface area contributed by atoms with E-state index in [2.05, 4.69) is 0 Å². The molecule has 0 fully saturated rings. The number of carbonyl (C=O) groups is 1. The van der Waals surface area contributed by atoms with Gasteiger partial charge in [0.2, 0.25) is 0 Å². The second-order valence-corrected chi connectivity index (χ2v) is 0.932. The molecule has 36 valence electrons. The summed E-state index contributed by atoms with van der Waals surface area (Å²) >= 11 is 0. The lowest BCUT2D eigenvalue weighted by Gasteiger charge is -1.80. The topological polar surface area (TPSA) is 63.3 Å². The third kappa shape index (κ3) is 3.43. The number of rotatable bonds is 2. The maximum absolute atomic E-state index is 9.52. The zero-order valence-electron chi connectivity index (χ0n) is 3.35.